The molecule has 2 nitrogen and oxygen atoms in total. The largest absolute Gasteiger partial charge is 0.357 e. The van der Waals surface area contributed by atoms with Crippen LogP contribution in [-0.2, 0) is 6.42 Å². The van der Waals surface area contributed by atoms with Crippen LogP contribution in [0.1, 0.15) is 42.4 Å². The van der Waals surface area contributed by atoms with Crippen molar-refractivity contribution in [1.29, 1.82) is 0 Å². The first kappa shape index (κ1) is 10.2. The van der Waals surface area contributed by atoms with Crippen LogP contribution < -0.4 is 5.32 Å². The Morgan fingerprint density at radius 3 is 2.93 bits per heavy atom. The molecule has 1 unspecified atom stereocenters. The van der Waals surface area contributed by atoms with Crippen LogP contribution in [0.4, 0.5) is 0 Å². The van der Waals surface area contributed by atoms with Gasteiger partial charge in [0, 0.05) is 23.0 Å². The van der Waals surface area contributed by atoms with E-state index in [-0.39, 0.29) is 0 Å². The molecule has 1 aliphatic rings. The van der Waals surface area contributed by atoms with Crippen LogP contribution in [0.3, 0.4) is 0 Å². The molecular weight excluding hydrogens is 184 g/mol. The van der Waals surface area contributed by atoms with Crippen LogP contribution in [0.15, 0.2) is 12.7 Å². The third-order valence-electron chi connectivity index (χ3n) is 3.01. The van der Waals surface area contributed by atoms with E-state index < -0.39 is 0 Å². The van der Waals surface area contributed by atoms with Gasteiger partial charge in [-0.2, -0.15) is 0 Å². The van der Waals surface area contributed by atoms with E-state index in [1.54, 1.807) is 0 Å². The molecule has 0 aromatic carbocycles. The molecular formula is C13H18N2. The molecule has 0 aliphatic carbocycles. The number of hydrogen-bond acceptors (Lipinski definition) is 1. The molecule has 2 heterocycles. The van der Waals surface area contributed by atoms with E-state index in [2.05, 4.69) is 42.9 Å². The summed E-state index contributed by atoms with van der Waals surface area (Å²) in [6.45, 7) is 9.17. The number of allylic oxidation sites excluding steroid dienone is 1. The number of nitrogens with one attached hydrogen (secondary N) is 2. The van der Waals surface area contributed by atoms with Gasteiger partial charge in [-0.15, -0.1) is 0 Å². The standard InChI is InChI=1S/C13H18N2/c1-4-6-10-11-7-8-14-9(3)13(11)15-12(10)5-2/h4-6,9,14-15H,2,7-8H2,1,3H3/b6-4-. The summed E-state index contributed by atoms with van der Waals surface area (Å²) >= 11 is 0. The van der Waals surface area contributed by atoms with Gasteiger partial charge < -0.3 is 10.3 Å². The summed E-state index contributed by atoms with van der Waals surface area (Å²) in [4.78, 5) is 3.45. The number of fused-ring (bicyclic) bond motifs is 1. The summed E-state index contributed by atoms with van der Waals surface area (Å²) < 4.78 is 0. The summed E-state index contributed by atoms with van der Waals surface area (Å²) in [6.07, 6.45) is 7.26. The predicted octanol–water partition coefficient (Wildman–Crippen LogP) is 2.90. The second-order valence-electron chi connectivity index (χ2n) is 3.97. The minimum atomic E-state index is 0.423. The molecule has 15 heavy (non-hydrogen) atoms. The van der Waals surface area contributed by atoms with Gasteiger partial charge in [0.15, 0.2) is 0 Å². The maximum Gasteiger partial charge on any atom is 0.0453 e. The minimum absolute atomic E-state index is 0.423. The Bertz CT molecular complexity index is 399. The van der Waals surface area contributed by atoms with Crippen molar-refractivity contribution in [2.24, 2.45) is 0 Å². The van der Waals surface area contributed by atoms with Crippen molar-refractivity contribution in [3.63, 3.8) is 0 Å². The molecule has 80 valence electrons. The van der Waals surface area contributed by atoms with Crippen LogP contribution >= 0.6 is 0 Å². The number of rotatable bonds is 2. The summed E-state index contributed by atoms with van der Waals surface area (Å²) in [5.41, 5.74) is 5.24. The lowest BCUT2D eigenvalue weighted by Crippen LogP contribution is -2.27. The van der Waals surface area contributed by atoms with Crippen molar-refractivity contribution in [1.82, 2.24) is 10.3 Å². The fourth-order valence-electron chi connectivity index (χ4n) is 2.27. The Balaban J connectivity index is 2.56. The molecule has 0 spiro atoms. The molecule has 0 bridgehead atoms. The van der Waals surface area contributed by atoms with Gasteiger partial charge in [0.05, 0.1) is 0 Å². The summed E-state index contributed by atoms with van der Waals surface area (Å²) in [7, 11) is 0. The minimum Gasteiger partial charge on any atom is -0.357 e. The van der Waals surface area contributed by atoms with Crippen LogP contribution in [0.2, 0.25) is 0 Å². The highest BCUT2D eigenvalue weighted by Gasteiger charge is 2.21. The van der Waals surface area contributed by atoms with Crippen LogP contribution in [0.5, 0.6) is 0 Å². The Morgan fingerprint density at radius 1 is 1.47 bits per heavy atom. The Hall–Kier alpha value is -1.28. The second-order valence-corrected chi connectivity index (χ2v) is 3.97. The molecule has 2 N–H and O–H groups in total. The van der Waals surface area contributed by atoms with E-state index in [1.165, 1.54) is 16.8 Å². The van der Waals surface area contributed by atoms with Crippen molar-refractivity contribution in [2.75, 3.05) is 6.54 Å². The molecule has 0 radical (unpaired) electrons. The van der Waals surface area contributed by atoms with Gasteiger partial charge in [-0.3, -0.25) is 0 Å². The van der Waals surface area contributed by atoms with E-state index in [4.69, 9.17) is 0 Å². The molecule has 0 amide bonds. The monoisotopic (exact) mass is 202 g/mol. The molecule has 0 saturated carbocycles. The molecule has 2 rings (SSSR count). The third kappa shape index (κ3) is 1.65. The van der Waals surface area contributed by atoms with E-state index in [9.17, 15) is 0 Å². The number of H-pyrrole nitrogens is 1. The number of hydrogen-bond donors (Lipinski definition) is 2. The smallest absolute Gasteiger partial charge is 0.0453 e. The maximum absolute atomic E-state index is 3.86. The molecule has 1 aliphatic heterocycles. The van der Waals surface area contributed by atoms with Gasteiger partial charge in [0.2, 0.25) is 0 Å². The van der Waals surface area contributed by atoms with Crippen LogP contribution in [-0.4, -0.2) is 11.5 Å². The summed E-state index contributed by atoms with van der Waals surface area (Å²) in [6, 6.07) is 0.423. The number of aromatic amines is 1. The normalized spacial score (nSPS) is 20.5. The van der Waals surface area contributed by atoms with E-state index in [0.29, 0.717) is 6.04 Å². The average molecular weight is 202 g/mol. The van der Waals surface area contributed by atoms with Crippen molar-refractivity contribution in [3.8, 4) is 0 Å². The fraction of sp³-hybridized carbons (Fsp3) is 0.385. The van der Waals surface area contributed by atoms with E-state index >= 15 is 0 Å². The SMILES string of the molecule is C=Cc1[nH]c2c(c1/C=C\C)CCNC2C. The zero-order valence-corrected chi connectivity index (χ0v) is 9.43. The highest BCUT2D eigenvalue weighted by molar-refractivity contribution is 5.67. The molecule has 0 fully saturated rings. The molecule has 1 aromatic rings. The highest BCUT2D eigenvalue weighted by atomic mass is 15.0. The third-order valence-corrected chi connectivity index (χ3v) is 3.01. The Kier molecular flexibility index (Phi) is 2.78. The average Bonchev–Trinajstić information content (AvgIpc) is 2.59. The van der Waals surface area contributed by atoms with Gasteiger partial charge in [-0.05, 0) is 38.5 Å². The highest BCUT2D eigenvalue weighted by Crippen LogP contribution is 2.29. The van der Waals surface area contributed by atoms with Gasteiger partial charge >= 0.3 is 0 Å². The predicted molar refractivity (Wildman–Crippen MR) is 65.7 cm³/mol. The zero-order chi connectivity index (χ0) is 10.8. The molecule has 2 heteroatoms. The molecule has 0 saturated heterocycles. The lowest BCUT2D eigenvalue weighted by Gasteiger charge is -2.20. The van der Waals surface area contributed by atoms with Gasteiger partial charge in [-0.25, -0.2) is 0 Å². The Labute approximate surface area is 91.1 Å². The number of aromatic nitrogens is 1. The van der Waals surface area contributed by atoms with Gasteiger partial charge in [0.25, 0.3) is 0 Å². The molecule has 1 aromatic heterocycles. The first-order chi connectivity index (χ1) is 7.27. The lowest BCUT2D eigenvalue weighted by molar-refractivity contribution is 0.531. The first-order valence-corrected chi connectivity index (χ1v) is 5.51. The summed E-state index contributed by atoms with van der Waals surface area (Å²) in [5, 5.41) is 3.46. The van der Waals surface area contributed by atoms with E-state index in [0.717, 1.165) is 18.7 Å². The second kappa shape index (κ2) is 4.07. The van der Waals surface area contributed by atoms with Crippen molar-refractivity contribution in [3.05, 3.63) is 35.2 Å². The maximum atomic E-state index is 3.86. The Morgan fingerprint density at radius 2 is 2.27 bits per heavy atom. The quantitative estimate of drug-likeness (QED) is 0.758. The fourth-order valence-corrected chi connectivity index (χ4v) is 2.27. The van der Waals surface area contributed by atoms with Gasteiger partial charge in [0.1, 0.15) is 0 Å². The van der Waals surface area contributed by atoms with Crippen molar-refractivity contribution >= 4 is 12.2 Å². The van der Waals surface area contributed by atoms with Crippen LogP contribution in [0, 0.1) is 0 Å². The molecule has 1 atom stereocenters. The van der Waals surface area contributed by atoms with E-state index in [1.807, 2.05) is 6.08 Å². The zero-order valence-electron chi connectivity index (χ0n) is 9.43. The van der Waals surface area contributed by atoms with Crippen molar-refractivity contribution < 1.29 is 0 Å². The van der Waals surface area contributed by atoms with Gasteiger partial charge in [-0.1, -0.05) is 18.7 Å². The van der Waals surface area contributed by atoms with Crippen LogP contribution in [0.25, 0.3) is 12.2 Å². The van der Waals surface area contributed by atoms with Crippen molar-refractivity contribution in [2.45, 2.75) is 26.3 Å². The topological polar surface area (TPSA) is 27.8 Å². The lowest BCUT2D eigenvalue weighted by atomic mass is 9.98. The first-order valence-electron chi connectivity index (χ1n) is 5.51. The summed E-state index contributed by atoms with van der Waals surface area (Å²) in [5.74, 6) is 0.